The zero-order valence-corrected chi connectivity index (χ0v) is 14.1. The van der Waals surface area contributed by atoms with Gasteiger partial charge in [0.1, 0.15) is 11.6 Å². The predicted octanol–water partition coefficient (Wildman–Crippen LogP) is 3.43. The fourth-order valence-electron chi connectivity index (χ4n) is 2.82. The molecule has 0 bridgehead atoms. The van der Waals surface area contributed by atoms with Gasteiger partial charge in [-0.05, 0) is 24.3 Å². The van der Waals surface area contributed by atoms with Crippen LogP contribution in [0.25, 0.3) is 10.9 Å². The molecule has 3 aromatic rings. The Morgan fingerprint density at radius 1 is 1.12 bits per heavy atom. The van der Waals surface area contributed by atoms with Crippen molar-refractivity contribution in [2.24, 2.45) is 0 Å². The number of nitrogens with one attached hydrogen (secondary N) is 1. The molecule has 26 heavy (non-hydrogen) atoms. The van der Waals surface area contributed by atoms with Gasteiger partial charge < -0.3 is 14.6 Å². The molecule has 0 aliphatic carbocycles. The number of carbonyl (C=O) groups excluding carboxylic acids is 1. The van der Waals surface area contributed by atoms with Crippen LogP contribution in [0.5, 0.6) is 5.75 Å². The third-order valence-electron chi connectivity index (χ3n) is 4.11. The number of hydrogen-bond donors (Lipinski definition) is 1. The van der Waals surface area contributed by atoms with E-state index in [-0.39, 0.29) is 12.0 Å². The van der Waals surface area contributed by atoms with E-state index >= 15 is 0 Å². The SMILES string of the molecule is COc1cccc2c1ccn2CCNC(=O)Cc1cc(F)c(F)cc1F. The Hall–Kier alpha value is -2.96. The number of amides is 1. The van der Waals surface area contributed by atoms with Crippen LogP contribution < -0.4 is 10.1 Å². The average Bonchev–Trinajstić information content (AvgIpc) is 3.03. The van der Waals surface area contributed by atoms with Crippen molar-refractivity contribution in [1.82, 2.24) is 9.88 Å². The molecule has 0 aliphatic rings. The summed E-state index contributed by atoms with van der Waals surface area (Å²) >= 11 is 0. The Balaban J connectivity index is 1.60. The molecule has 1 heterocycles. The zero-order valence-electron chi connectivity index (χ0n) is 14.1. The number of aromatic nitrogens is 1. The standard InChI is InChI=1S/C19H17F3N2O2/c1-26-18-4-2-3-17-13(18)5-7-24(17)8-6-23-19(25)10-12-9-15(21)16(22)11-14(12)20/h2-5,7,9,11H,6,8,10H2,1H3,(H,23,25). The van der Waals surface area contributed by atoms with E-state index in [0.717, 1.165) is 16.7 Å². The summed E-state index contributed by atoms with van der Waals surface area (Å²) < 4.78 is 46.9. The van der Waals surface area contributed by atoms with Gasteiger partial charge in [0, 0.05) is 36.3 Å². The minimum Gasteiger partial charge on any atom is -0.496 e. The van der Waals surface area contributed by atoms with Crippen molar-refractivity contribution in [3.63, 3.8) is 0 Å². The van der Waals surface area contributed by atoms with Crippen LogP contribution in [-0.2, 0) is 17.8 Å². The van der Waals surface area contributed by atoms with Crippen LogP contribution in [0.2, 0.25) is 0 Å². The first-order chi connectivity index (χ1) is 12.5. The van der Waals surface area contributed by atoms with Crippen molar-refractivity contribution in [1.29, 1.82) is 0 Å². The Labute approximate surface area is 148 Å². The summed E-state index contributed by atoms with van der Waals surface area (Å²) in [7, 11) is 1.60. The third-order valence-corrected chi connectivity index (χ3v) is 4.11. The number of rotatable bonds is 6. The normalized spacial score (nSPS) is 10.9. The second-order valence-electron chi connectivity index (χ2n) is 5.79. The highest BCUT2D eigenvalue weighted by Gasteiger charge is 2.13. The van der Waals surface area contributed by atoms with E-state index in [1.807, 2.05) is 35.0 Å². The second kappa shape index (κ2) is 7.51. The number of carbonyl (C=O) groups is 1. The zero-order chi connectivity index (χ0) is 18.7. The lowest BCUT2D eigenvalue weighted by Gasteiger charge is -2.09. The minimum absolute atomic E-state index is 0.183. The molecule has 4 nitrogen and oxygen atoms in total. The largest absolute Gasteiger partial charge is 0.496 e. The summed E-state index contributed by atoms with van der Waals surface area (Å²) in [5.41, 5.74) is 0.780. The molecule has 0 spiro atoms. The summed E-state index contributed by atoms with van der Waals surface area (Å²) in [6.07, 6.45) is 1.53. The van der Waals surface area contributed by atoms with Crippen LogP contribution in [0.3, 0.4) is 0 Å². The molecule has 2 aromatic carbocycles. The van der Waals surface area contributed by atoms with Crippen molar-refractivity contribution in [2.75, 3.05) is 13.7 Å². The highest BCUT2D eigenvalue weighted by atomic mass is 19.2. The monoisotopic (exact) mass is 362 g/mol. The van der Waals surface area contributed by atoms with E-state index < -0.39 is 23.4 Å². The highest BCUT2D eigenvalue weighted by molar-refractivity contribution is 5.86. The quantitative estimate of drug-likeness (QED) is 0.683. The van der Waals surface area contributed by atoms with Gasteiger partial charge in [-0.1, -0.05) is 6.07 Å². The van der Waals surface area contributed by atoms with Gasteiger partial charge in [-0.15, -0.1) is 0 Å². The van der Waals surface area contributed by atoms with Crippen molar-refractivity contribution < 1.29 is 22.7 Å². The fourth-order valence-corrected chi connectivity index (χ4v) is 2.82. The van der Waals surface area contributed by atoms with Gasteiger partial charge in [0.05, 0.1) is 19.0 Å². The molecule has 7 heteroatoms. The first-order valence-corrected chi connectivity index (χ1v) is 8.01. The molecule has 0 fully saturated rings. The topological polar surface area (TPSA) is 43.3 Å². The molecular weight excluding hydrogens is 345 g/mol. The van der Waals surface area contributed by atoms with Gasteiger partial charge in [0.15, 0.2) is 11.6 Å². The maximum Gasteiger partial charge on any atom is 0.224 e. The smallest absolute Gasteiger partial charge is 0.224 e. The fraction of sp³-hybridized carbons (Fsp3) is 0.211. The van der Waals surface area contributed by atoms with Crippen molar-refractivity contribution in [2.45, 2.75) is 13.0 Å². The lowest BCUT2D eigenvalue weighted by atomic mass is 10.1. The maximum atomic E-state index is 13.6. The molecule has 0 radical (unpaired) electrons. The molecule has 0 unspecified atom stereocenters. The molecule has 0 aliphatic heterocycles. The molecule has 0 saturated heterocycles. The van der Waals surface area contributed by atoms with Gasteiger partial charge in [-0.2, -0.15) is 0 Å². The Morgan fingerprint density at radius 3 is 2.65 bits per heavy atom. The number of nitrogens with zero attached hydrogens (tertiary/aromatic N) is 1. The highest BCUT2D eigenvalue weighted by Crippen LogP contribution is 2.26. The molecule has 1 N–H and O–H groups in total. The first kappa shape index (κ1) is 17.8. The molecule has 0 atom stereocenters. The van der Waals surface area contributed by atoms with Gasteiger partial charge in [0.25, 0.3) is 0 Å². The number of methoxy groups -OCH3 is 1. The van der Waals surface area contributed by atoms with Crippen LogP contribution in [0.15, 0.2) is 42.6 Å². The average molecular weight is 362 g/mol. The first-order valence-electron chi connectivity index (χ1n) is 8.01. The van der Waals surface area contributed by atoms with Crippen LogP contribution in [0, 0.1) is 17.5 Å². The Bertz CT molecular complexity index is 953. The predicted molar refractivity (Wildman–Crippen MR) is 91.5 cm³/mol. The molecule has 0 saturated carbocycles. The van der Waals surface area contributed by atoms with E-state index in [4.69, 9.17) is 4.74 Å². The van der Waals surface area contributed by atoms with Crippen LogP contribution in [-0.4, -0.2) is 24.1 Å². The van der Waals surface area contributed by atoms with Crippen LogP contribution in [0.1, 0.15) is 5.56 Å². The van der Waals surface area contributed by atoms with Crippen molar-refractivity contribution in [3.8, 4) is 5.75 Å². The second-order valence-corrected chi connectivity index (χ2v) is 5.79. The summed E-state index contributed by atoms with van der Waals surface area (Å²) in [5, 5.41) is 3.61. The Kier molecular flexibility index (Phi) is 5.16. The van der Waals surface area contributed by atoms with E-state index in [1.54, 1.807) is 7.11 Å². The van der Waals surface area contributed by atoms with Gasteiger partial charge in [-0.3, -0.25) is 4.79 Å². The molecule has 3 rings (SSSR count). The van der Waals surface area contributed by atoms with Crippen LogP contribution in [0.4, 0.5) is 13.2 Å². The van der Waals surface area contributed by atoms with Gasteiger partial charge >= 0.3 is 0 Å². The van der Waals surface area contributed by atoms with E-state index in [1.165, 1.54) is 0 Å². The molecule has 136 valence electrons. The lowest BCUT2D eigenvalue weighted by Crippen LogP contribution is -2.28. The summed E-state index contributed by atoms with van der Waals surface area (Å²) in [4.78, 5) is 11.9. The number of ether oxygens (including phenoxy) is 1. The van der Waals surface area contributed by atoms with Gasteiger partial charge in [-0.25, -0.2) is 13.2 Å². The van der Waals surface area contributed by atoms with Crippen molar-refractivity contribution >= 4 is 16.8 Å². The number of hydrogen-bond acceptors (Lipinski definition) is 2. The number of halogens is 3. The van der Waals surface area contributed by atoms with E-state index in [9.17, 15) is 18.0 Å². The van der Waals surface area contributed by atoms with E-state index in [2.05, 4.69) is 5.32 Å². The van der Waals surface area contributed by atoms with Crippen LogP contribution >= 0.6 is 0 Å². The molecular formula is C19H17F3N2O2. The molecule has 1 amide bonds. The maximum absolute atomic E-state index is 13.6. The minimum atomic E-state index is -1.28. The Morgan fingerprint density at radius 2 is 1.88 bits per heavy atom. The van der Waals surface area contributed by atoms with Crippen molar-refractivity contribution in [3.05, 3.63) is 65.6 Å². The van der Waals surface area contributed by atoms with Gasteiger partial charge in [0.2, 0.25) is 5.91 Å². The molecule has 1 aromatic heterocycles. The number of benzene rings is 2. The summed E-state index contributed by atoms with van der Waals surface area (Å²) in [5.74, 6) is -3.10. The van der Waals surface area contributed by atoms with E-state index in [0.29, 0.717) is 25.2 Å². The summed E-state index contributed by atoms with van der Waals surface area (Å²) in [6, 6.07) is 8.75. The summed E-state index contributed by atoms with van der Waals surface area (Å²) in [6.45, 7) is 0.813. The lowest BCUT2D eigenvalue weighted by molar-refractivity contribution is -0.120. The third kappa shape index (κ3) is 3.66. The number of fused-ring (bicyclic) bond motifs is 1.